The van der Waals surface area contributed by atoms with E-state index in [1.54, 1.807) is 0 Å². The van der Waals surface area contributed by atoms with Gasteiger partial charge in [-0.1, -0.05) is 13.8 Å². The minimum Gasteiger partial charge on any atom is -0.343 e. The monoisotopic (exact) mass is 294 g/mol. The fourth-order valence-electron chi connectivity index (χ4n) is 3.70. The molecule has 2 aliphatic heterocycles. The van der Waals surface area contributed by atoms with Crippen molar-refractivity contribution in [1.82, 2.24) is 9.80 Å². The van der Waals surface area contributed by atoms with E-state index < -0.39 is 0 Å². The number of carbonyl (C=O) groups is 2. The first-order chi connectivity index (χ1) is 10.2. The topological polar surface area (TPSA) is 40.6 Å². The lowest BCUT2D eigenvalue weighted by molar-refractivity contribution is -0.143. The number of rotatable bonds is 4. The zero-order chi connectivity index (χ0) is 15.2. The van der Waals surface area contributed by atoms with Gasteiger partial charge in [0.25, 0.3) is 0 Å². The third-order valence-electron chi connectivity index (χ3n) is 5.04. The van der Waals surface area contributed by atoms with Gasteiger partial charge >= 0.3 is 0 Å². The number of hydrogen-bond donors (Lipinski definition) is 0. The van der Waals surface area contributed by atoms with Crippen LogP contribution < -0.4 is 0 Å². The third kappa shape index (κ3) is 3.98. The molecule has 2 saturated heterocycles. The van der Waals surface area contributed by atoms with Gasteiger partial charge in [0.1, 0.15) is 0 Å². The van der Waals surface area contributed by atoms with Crippen LogP contribution in [0.4, 0.5) is 0 Å². The van der Waals surface area contributed by atoms with Crippen LogP contribution in [0.3, 0.4) is 0 Å². The largest absolute Gasteiger partial charge is 0.343 e. The van der Waals surface area contributed by atoms with E-state index in [0.29, 0.717) is 18.4 Å². The highest BCUT2D eigenvalue weighted by atomic mass is 16.2. The smallest absolute Gasteiger partial charge is 0.226 e. The highest BCUT2D eigenvalue weighted by molar-refractivity contribution is 5.80. The predicted molar refractivity (Wildman–Crippen MR) is 83.9 cm³/mol. The molecular formula is C17H30N2O2. The Labute approximate surface area is 128 Å². The van der Waals surface area contributed by atoms with Crippen LogP contribution in [-0.4, -0.2) is 47.3 Å². The molecule has 0 radical (unpaired) electrons. The van der Waals surface area contributed by atoms with E-state index in [4.69, 9.17) is 0 Å². The summed E-state index contributed by atoms with van der Waals surface area (Å²) in [5, 5.41) is 0. The average molecular weight is 294 g/mol. The van der Waals surface area contributed by atoms with Gasteiger partial charge in [0.15, 0.2) is 0 Å². The van der Waals surface area contributed by atoms with Gasteiger partial charge in [0.05, 0.1) is 0 Å². The van der Waals surface area contributed by atoms with Gasteiger partial charge in [-0.05, 0) is 44.9 Å². The molecule has 2 rings (SSSR count). The average Bonchev–Trinajstić information content (AvgIpc) is 2.54. The summed E-state index contributed by atoms with van der Waals surface area (Å²) in [6.07, 6.45) is 7.88. The molecule has 0 aliphatic carbocycles. The van der Waals surface area contributed by atoms with Gasteiger partial charge in [-0.25, -0.2) is 0 Å². The van der Waals surface area contributed by atoms with Crippen LogP contribution in [0.5, 0.6) is 0 Å². The molecule has 0 bridgehead atoms. The van der Waals surface area contributed by atoms with Gasteiger partial charge < -0.3 is 9.80 Å². The first-order valence-electron chi connectivity index (χ1n) is 8.75. The second-order valence-corrected chi connectivity index (χ2v) is 6.49. The summed E-state index contributed by atoms with van der Waals surface area (Å²) in [4.78, 5) is 28.7. The van der Waals surface area contributed by atoms with Crippen molar-refractivity contribution in [1.29, 1.82) is 0 Å². The molecule has 1 atom stereocenters. The maximum absolute atomic E-state index is 12.7. The zero-order valence-electron chi connectivity index (χ0n) is 13.6. The minimum atomic E-state index is 0.142. The number of nitrogens with zero attached hydrogens (tertiary/aromatic N) is 2. The van der Waals surface area contributed by atoms with Crippen molar-refractivity contribution in [2.75, 3.05) is 19.6 Å². The minimum absolute atomic E-state index is 0.142. The fourth-order valence-corrected chi connectivity index (χ4v) is 3.70. The molecule has 0 aromatic rings. The Bertz CT molecular complexity index is 362. The molecule has 0 spiro atoms. The molecule has 0 N–H and O–H groups in total. The Balaban J connectivity index is 1.86. The number of amides is 2. The van der Waals surface area contributed by atoms with E-state index in [2.05, 4.69) is 11.8 Å². The van der Waals surface area contributed by atoms with Crippen LogP contribution in [0.25, 0.3) is 0 Å². The Morgan fingerprint density at radius 3 is 2.33 bits per heavy atom. The van der Waals surface area contributed by atoms with Gasteiger partial charge in [0.2, 0.25) is 11.8 Å². The van der Waals surface area contributed by atoms with Crippen LogP contribution in [0, 0.1) is 5.92 Å². The molecule has 4 nitrogen and oxygen atoms in total. The van der Waals surface area contributed by atoms with Crippen molar-refractivity contribution < 1.29 is 9.59 Å². The molecular weight excluding hydrogens is 264 g/mol. The lowest BCUT2D eigenvalue weighted by Crippen LogP contribution is -2.49. The van der Waals surface area contributed by atoms with E-state index in [1.807, 2.05) is 11.8 Å². The van der Waals surface area contributed by atoms with Gasteiger partial charge in [-0.3, -0.25) is 9.59 Å². The summed E-state index contributed by atoms with van der Waals surface area (Å²) in [5.74, 6) is 0.750. The van der Waals surface area contributed by atoms with Crippen molar-refractivity contribution in [2.45, 2.75) is 71.3 Å². The van der Waals surface area contributed by atoms with Crippen molar-refractivity contribution in [3.8, 4) is 0 Å². The lowest BCUT2D eigenvalue weighted by Gasteiger charge is -2.39. The molecule has 2 fully saturated rings. The number of hydrogen-bond acceptors (Lipinski definition) is 2. The molecule has 4 heteroatoms. The molecule has 2 heterocycles. The van der Waals surface area contributed by atoms with E-state index in [-0.39, 0.29) is 11.8 Å². The normalized spacial score (nSPS) is 24.2. The summed E-state index contributed by atoms with van der Waals surface area (Å²) in [7, 11) is 0. The van der Waals surface area contributed by atoms with Crippen molar-refractivity contribution in [2.24, 2.45) is 5.92 Å². The predicted octanol–water partition coefficient (Wildman–Crippen LogP) is 2.82. The van der Waals surface area contributed by atoms with Crippen LogP contribution in [0.2, 0.25) is 0 Å². The van der Waals surface area contributed by atoms with Crippen molar-refractivity contribution >= 4 is 11.8 Å². The van der Waals surface area contributed by atoms with Crippen LogP contribution in [0.15, 0.2) is 0 Å². The lowest BCUT2D eigenvalue weighted by atomic mass is 9.92. The molecule has 21 heavy (non-hydrogen) atoms. The number of carbonyl (C=O) groups excluding carboxylic acids is 2. The Hall–Kier alpha value is -1.06. The second kappa shape index (κ2) is 7.81. The third-order valence-corrected chi connectivity index (χ3v) is 5.04. The highest BCUT2D eigenvalue weighted by Crippen LogP contribution is 2.26. The second-order valence-electron chi connectivity index (χ2n) is 6.49. The SMILES string of the molecule is CCCC(=O)N1CCC(C(=O)N2CCCCC2CC)CC1. The van der Waals surface area contributed by atoms with E-state index in [1.165, 1.54) is 6.42 Å². The molecule has 2 aliphatic rings. The number of piperidine rings is 2. The summed E-state index contributed by atoms with van der Waals surface area (Å²) in [6, 6.07) is 0.450. The standard InChI is InChI=1S/C17H30N2O2/c1-3-7-16(20)18-12-9-14(10-13-18)17(21)19-11-6-5-8-15(19)4-2/h14-15H,3-13H2,1-2H3. The van der Waals surface area contributed by atoms with Crippen LogP contribution >= 0.6 is 0 Å². The van der Waals surface area contributed by atoms with Gasteiger partial charge in [-0.2, -0.15) is 0 Å². The molecule has 0 aromatic heterocycles. The molecule has 2 amide bonds. The Morgan fingerprint density at radius 2 is 1.71 bits per heavy atom. The first kappa shape index (κ1) is 16.3. The summed E-state index contributed by atoms with van der Waals surface area (Å²) < 4.78 is 0. The molecule has 1 unspecified atom stereocenters. The molecule has 120 valence electrons. The summed E-state index contributed by atoms with van der Waals surface area (Å²) in [5.41, 5.74) is 0. The Morgan fingerprint density at radius 1 is 1.00 bits per heavy atom. The fraction of sp³-hybridized carbons (Fsp3) is 0.882. The highest BCUT2D eigenvalue weighted by Gasteiger charge is 2.33. The Kier molecular flexibility index (Phi) is 6.07. The van der Waals surface area contributed by atoms with Gasteiger partial charge in [0, 0.05) is 38.0 Å². The maximum Gasteiger partial charge on any atom is 0.226 e. The molecule has 0 saturated carbocycles. The van der Waals surface area contributed by atoms with Crippen LogP contribution in [0.1, 0.15) is 65.2 Å². The van der Waals surface area contributed by atoms with Crippen LogP contribution in [-0.2, 0) is 9.59 Å². The van der Waals surface area contributed by atoms with E-state index >= 15 is 0 Å². The quantitative estimate of drug-likeness (QED) is 0.800. The molecule has 0 aromatic carbocycles. The van der Waals surface area contributed by atoms with Crippen molar-refractivity contribution in [3.63, 3.8) is 0 Å². The number of likely N-dealkylation sites (tertiary alicyclic amines) is 2. The zero-order valence-corrected chi connectivity index (χ0v) is 13.6. The summed E-state index contributed by atoms with van der Waals surface area (Å²) in [6.45, 7) is 6.68. The van der Waals surface area contributed by atoms with E-state index in [9.17, 15) is 9.59 Å². The summed E-state index contributed by atoms with van der Waals surface area (Å²) >= 11 is 0. The maximum atomic E-state index is 12.7. The van der Waals surface area contributed by atoms with E-state index in [0.717, 1.165) is 58.2 Å². The van der Waals surface area contributed by atoms with Crippen molar-refractivity contribution in [3.05, 3.63) is 0 Å². The van der Waals surface area contributed by atoms with Gasteiger partial charge in [-0.15, -0.1) is 0 Å². The first-order valence-corrected chi connectivity index (χ1v) is 8.75.